The first-order valence-electron chi connectivity index (χ1n) is 9.30. The van der Waals surface area contributed by atoms with Crippen LogP contribution in [0.2, 0.25) is 0 Å². The summed E-state index contributed by atoms with van der Waals surface area (Å²) in [6.07, 6.45) is 3.48. The number of benzene rings is 1. The average Bonchev–Trinajstić information content (AvgIpc) is 3.08. The van der Waals surface area contributed by atoms with Gasteiger partial charge in [-0.3, -0.25) is 14.4 Å². The van der Waals surface area contributed by atoms with Gasteiger partial charge in [-0.1, -0.05) is 18.2 Å². The molecule has 0 aliphatic heterocycles. The lowest BCUT2D eigenvalue weighted by Gasteiger charge is -2.08. The van der Waals surface area contributed by atoms with Gasteiger partial charge in [0.25, 0.3) is 0 Å². The van der Waals surface area contributed by atoms with Crippen molar-refractivity contribution in [3.05, 3.63) is 36.0 Å². The Kier molecular flexibility index (Phi) is 10.3. The van der Waals surface area contributed by atoms with Gasteiger partial charge in [-0.05, 0) is 38.3 Å². The number of aromatic nitrogens is 1. The summed E-state index contributed by atoms with van der Waals surface area (Å²) < 4.78 is 9.52. The van der Waals surface area contributed by atoms with Crippen LogP contribution in [-0.4, -0.2) is 42.1 Å². The van der Waals surface area contributed by atoms with Crippen molar-refractivity contribution in [1.29, 1.82) is 0 Å². The molecular weight excluding hydrogens is 362 g/mol. The molecule has 28 heavy (non-hydrogen) atoms. The number of H-pyrrole nitrogens is 1. The molecule has 8 heteroatoms. The molecule has 5 N–H and O–H groups in total. The number of carbonyl (C=O) groups excluding carboxylic acids is 3. The van der Waals surface area contributed by atoms with E-state index in [1.807, 2.05) is 31.3 Å². The molecule has 1 aromatic carbocycles. The topological polar surface area (TPSA) is 138 Å². The Bertz CT molecular complexity index is 772. The molecule has 1 heterocycles. The van der Waals surface area contributed by atoms with Crippen molar-refractivity contribution in [3.8, 4) is 0 Å². The summed E-state index contributed by atoms with van der Waals surface area (Å²) in [7, 11) is 0. The summed E-state index contributed by atoms with van der Waals surface area (Å²) in [5.41, 5.74) is 12.5. The second-order valence-electron chi connectivity index (χ2n) is 6.03. The van der Waals surface area contributed by atoms with E-state index >= 15 is 0 Å². The molecule has 1 unspecified atom stereocenters. The van der Waals surface area contributed by atoms with Gasteiger partial charge in [0.1, 0.15) is 6.04 Å². The fourth-order valence-corrected chi connectivity index (χ4v) is 2.47. The second-order valence-corrected chi connectivity index (χ2v) is 6.03. The van der Waals surface area contributed by atoms with Gasteiger partial charge >= 0.3 is 11.9 Å². The van der Waals surface area contributed by atoms with Gasteiger partial charge in [-0.25, -0.2) is 0 Å². The van der Waals surface area contributed by atoms with E-state index in [2.05, 4.69) is 15.8 Å². The van der Waals surface area contributed by atoms with E-state index in [1.165, 1.54) is 10.9 Å². The number of fused-ring (bicyclic) bond motifs is 1. The SMILES string of the molecule is CCOC(=O)C(N)CCC(N)=O.CCOC(=O)CCc1c[nH]c2ccccc12. The maximum absolute atomic E-state index is 11.2. The van der Waals surface area contributed by atoms with Crippen LogP contribution in [0.1, 0.15) is 38.7 Å². The molecule has 1 aromatic heterocycles. The molecule has 0 saturated carbocycles. The number of amides is 1. The van der Waals surface area contributed by atoms with E-state index in [9.17, 15) is 14.4 Å². The lowest BCUT2D eigenvalue weighted by Crippen LogP contribution is -2.33. The molecule has 0 aliphatic carbocycles. The maximum atomic E-state index is 11.2. The van der Waals surface area contributed by atoms with E-state index in [4.69, 9.17) is 16.2 Å². The highest BCUT2D eigenvalue weighted by Crippen LogP contribution is 2.18. The Hall–Kier alpha value is -2.87. The summed E-state index contributed by atoms with van der Waals surface area (Å²) in [5, 5.41) is 1.19. The molecule has 0 fully saturated rings. The minimum absolute atomic E-state index is 0.111. The fraction of sp³-hybridized carbons (Fsp3) is 0.450. The van der Waals surface area contributed by atoms with Gasteiger partial charge in [-0.2, -0.15) is 0 Å². The molecule has 8 nitrogen and oxygen atoms in total. The zero-order valence-electron chi connectivity index (χ0n) is 16.4. The van der Waals surface area contributed by atoms with Gasteiger partial charge in [0.15, 0.2) is 0 Å². The third-order valence-corrected chi connectivity index (χ3v) is 3.87. The minimum atomic E-state index is -0.738. The molecule has 0 aliphatic rings. The monoisotopic (exact) mass is 391 g/mol. The van der Waals surface area contributed by atoms with Gasteiger partial charge < -0.3 is 25.9 Å². The van der Waals surface area contributed by atoms with Crippen LogP contribution >= 0.6 is 0 Å². The summed E-state index contributed by atoms with van der Waals surface area (Å²) in [6.45, 7) is 4.26. The van der Waals surface area contributed by atoms with Crippen molar-refractivity contribution in [2.75, 3.05) is 13.2 Å². The predicted molar refractivity (Wildman–Crippen MR) is 106 cm³/mol. The Balaban J connectivity index is 0.000000295. The second kappa shape index (κ2) is 12.5. The summed E-state index contributed by atoms with van der Waals surface area (Å²) in [4.78, 5) is 35.6. The number of esters is 2. The van der Waals surface area contributed by atoms with Gasteiger partial charge in [0.05, 0.1) is 13.2 Å². The van der Waals surface area contributed by atoms with Crippen LogP contribution in [0, 0.1) is 0 Å². The highest BCUT2D eigenvalue weighted by molar-refractivity contribution is 5.83. The highest BCUT2D eigenvalue weighted by Gasteiger charge is 2.14. The fourth-order valence-electron chi connectivity index (χ4n) is 2.47. The van der Waals surface area contributed by atoms with Crippen molar-refractivity contribution in [2.24, 2.45) is 11.5 Å². The number of para-hydroxylation sites is 1. The first-order valence-corrected chi connectivity index (χ1v) is 9.30. The number of carbonyl (C=O) groups is 3. The van der Waals surface area contributed by atoms with Crippen molar-refractivity contribution < 1.29 is 23.9 Å². The molecule has 0 saturated heterocycles. The first-order chi connectivity index (χ1) is 13.4. The van der Waals surface area contributed by atoms with Gasteiger partial charge in [0.2, 0.25) is 5.91 Å². The molecule has 1 amide bonds. The largest absolute Gasteiger partial charge is 0.466 e. The number of aromatic amines is 1. The summed E-state index contributed by atoms with van der Waals surface area (Å²) in [5.74, 6) is -1.08. The van der Waals surface area contributed by atoms with Crippen LogP contribution in [0.15, 0.2) is 30.5 Å². The van der Waals surface area contributed by atoms with Crippen LogP contribution in [0.5, 0.6) is 0 Å². The van der Waals surface area contributed by atoms with Crippen molar-refractivity contribution in [1.82, 2.24) is 4.98 Å². The number of aryl methyl sites for hydroxylation is 1. The van der Waals surface area contributed by atoms with Crippen LogP contribution < -0.4 is 11.5 Å². The quantitative estimate of drug-likeness (QED) is 0.557. The molecule has 0 radical (unpaired) electrons. The number of nitrogens with one attached hydrogen (secondary N) is 1. The number of nitrogens with two attached hydrogens (primary N) is 2. The third kappa shape index (κ3) is 8.22. The minimum Gasteiger partial charge on any atom is -0.466 e. The number of hydrogen-bond acceptors (Lipinski definition) is 6. The average molecular weight is 391 g/mol. The van der Waals surface area contributed by atoms with Crippen molar-refractivity contribution in [3.63, 3.8) is 0 Å². The van der Waals surface area contributed by atoms with Crippen LogP contribution in [-0.2, 0) is 30.3 Å². The zero-order valence-corrected chi connectivity index (χ0v) is 16.4. The predicted octanol–water partition coefficient (Wildman–Crippen LogP) is 1.81. The third-order valence-electron chi connectivity index (χ3n) is 3.87. The number of primary amides is 1. The molecule has 0 bridgehead atoms. The lowest BCUT2D eigenvalue weighted by atomic mass is 10.1. The molecule has 154 valence electrons. The van der Waals surface area contributed by atoms with Crippen LogP contribution in [0.3, 0.4) is 0 Å². The normalized spacial score (nSPS) is 11.2. The van der Waals surface area contributed by atoms with Crippen molar-refractivity contribution in [2.45, 2.75) is 45.6 Å². The lowest BCUT2D eigenvalue weighted by molar-refractivity contribution is -0.145. The molecular formula is C20H29N3O5. The molecule has 2 aromatic rings. The number of hydrogen-bond donors (Lipinski definition) is 3. The molecule has 2 rings (SSSR count). The van der Waals surface area contributed by atoms with Crippen molar-refractivity contribution >= 4 is 28.7 Å². The Morgan fingerprint density at radius 1 is 1.07 bits per heavy atom. The Morgan fingerprint density at radius 3 is 2.39 bits per heavy atom. The standard InChI is InChI=1S/C13H15NO2.C7H14N2O3/c1-2-16-13(15)8-7-10-9-14-12-6-4-3-5-11(10)12;1-2-12-7(11)5(8)3-4-6(9)10/h3-6,9,14H,2,7-8H2,1H3;5H,2-4,8H2,1H3,(H2,9,10). The maximum Gasteiger partial charge on any atom is 0.322 e. The number of rotatable bonds is 9. The number of ether oxygens (including phenoxy) is 2. The van der Waals surface area contributed by atoms with Crippen LogP contribution in [0.25, 0.3) is 10.9 Å². The van der Waals surface area contributed by atoms with E-state index in [0.29, 0.717) is 19.6 Å². The van der Waals surface area contributed by atoms with Crippen LogP contribution in [0.4, 0.5) is 0 Å². The van der Waals surface area contributed by atoms with E-state index in [1.54, 1.807) is 6.92 Å². The summed E-state index contributed by atoms with van der Waals surface area (Å²) >= 11 is 0. The van der Waals surface area contributed by atoms with E-state index < -0.39 is 17.9 Å². The Morgan fingerprint density at radius 2 is 1.75 bits per heavy atom. The molecule has 0 spiro atoms. The van der Waals surface area contributed by atoms with Gasteiger partial charge in [-0.15, -0.1) is 0 Å². The summed E-state index contributed by atoms with van der Waals surface area (Å²) in [6, 6.07) is 7.35. The first kappa shape index (κ1) is 23.2. The highest BCUT2D eigenvalue weighted by atomic mass is 16.5. The van der Waals surface area contributed by atoms with E-state index in [0.717, 1.165) is 11.9 Å². The van der Waals surface area contributed by atoms with E-state index in [-0.39, 0.29) is 18.8 Å². The Labute approximate surface area is 164 Å². The zero-order chi connectivity index (χ0) is 20.9. The van der Waals surface area contributed by atoms with Gasteiger partial charge in [0, 0.05) is 29.9 Å². The smallest absolute Gasteiger partial charge is 0.322 e. The molecule has 1 atom stereocenters.